The molecule has 0 radical (unpaired) electrons. The molecule has 18 heavy (non-hydrogen) atoms. The summed E-state index contributed by atoms with van der Waals surface area (Å²) in [5.74, 6) is 0. The summed E-state index contributed by atoms with van der Waals surface area (Å²) in [7, 11) is 0. The van der Waals surface area contributed by atoms with Gasteiger partial charge in [0.1, 0.15) is 0 Å². The van der Waals surface area contributed by atoms with Crippen molar-refractivity contribution in [2.24, 2.45) is 5.73 Å². The van der Waals surface area contributed by atoms with E-state index in [0.717, 1.165) is 26.0 Å². The number of nitrogens with zero attached hydrogens (tertiary/aromatic N) is 1. The molecule has 0 aromatic carbocycles. The molecule has 2 N–H and O–H groups in total. The van der Waals surface area contributed by atoms with Crippen LogP contribution in [-0.2, 0) is 17.7 Å². The van der Waals surface area contributed by atoms with Crippen molar-refractivity contribution < 1.29 is 4.74 Å². The van der Waals surface area contributed by atoms with Crippen molar-refractivity contribution in [3.8, 4) is 0 Å². The molecule has 1 fully saturated rings. The number of aryl methyl sites for hydroxylation is 1. The molecule has 1 aromatic rings. The van der Waals surface area contributed by atoms with Gasteiger partial charge in [0, 0.05) is 31.1 Å². The molecule has 0 saturated carbocycles. The molecule has 0 bridgehead atoms. The Labute approximate surface area is 109 Å². The smallest absolute Gasteiger partial charge is 0.0592 e. The SMILES string of the molecule is NC1CCCc2c1ccn2CCC1CCCCO1. The van der Waals surface area contributed by atoms with Gasteiger partial charge < -0.3 is 15.0 Å². The predicted octanol–water partition coefficient (Wildman–Crippen LogP) is 2.78. The van der Waals surface area contributed by atoms with Gasteiger partial charge in [-0.25, -0.2) is 0 Å². The van der Waals surface area contributed by atoms with Gasteiger partial charge in [-0.15, -0.1) is 0 Å². The zero-order valence-electron chi connectivity index (χ0n) is 11.1. The van der Waals surface area contributed by atoms with Gasteiger partial charge in [0.2, 0.25) is 0 Å². The highest BCUT2D eigenvalue weighted by atomic mass is 16.5. The maximum Gasteiger partial charge on any atom is 0.0592 e. The van der Waals surface area contributed by atoms with Crippen LogP contribution in [0.4, 0.5) is 0 Å². The molecule has 1 aromatic heterocycles. The fraction of sp³-hybridized carbons (Fsp3) is 0.733. The van der Waals surface area contributed by atoms with Crippen molar-refractivity contribution >= 4 is 0 Å². The number of ether oxygens (including phenoxy) is 1. The first-order valence-electron chi connectivity index (χ1n) is 7.39. The quantitative estimate of drug-likeness (QED) is 0.893. The lowest BCUT2D eigenvalue weighted by Crippen LogP contribution is -2.22. The molecular weight excluding hydrogens is 224 g/mol. The van der Waals surface area contributed by atoms with Crippen LogP contribution in [0.5, 0.6) is 0 Å². The van der Waals surface area contributed by atoms with Gasteiger partial charge in [-0.2, -0.15) is 0 Å². The molecule has 3 rings (SSSR count). The van der Waals surface area contributed by atoms with E-state index >= 15 is 0 Å². The van der Waals surface area contributed by atoms with Crippen molar-refractivity contribution in [3.63, 3.8) is 0 Å². The van der Waals surface area contributed by atoms with Gasteiger partial charge in [-0.1, -0.05) is 0 Å². The lowest BCUT2D eigenvalue weighted by Gasteiger charge is -2.24. The molecular formula is C15H24N2O. The Morgan fingerprint density at radius 3 is 3.06 bits per heavy atom. The second-order valence-corrected chi connectivity index (χ2v) is 5.69. The Morgan fingerprint density at radius 1 is 1.28 bits per heavy atom. The average molecular weight is 248 g/mol. The standard InChI is InChI=1S/C15H24N2O/c16-14-5-3-6-15-13(14)8-10-17(15)9-7-12-4-1-2-11-18-12/h8,10,12,14H,1-7,9,11,16H2. The topological polar surface area (TPSA) is 40.2 Å². The minimum Gasteiger partial charge on any atom is -0.378 e. The predicted molar refractivity (Wildman–Crippen MR) is 72.5 cm³/mol. The molecule has 2 aliphatic rings. The lowest BCUT2D eigenvalue weighted by molar-refractivity contribution is 0.00870. The fourth-order valence-electron chi connectivity index (χ4n) is 3.32. The van der Waals surface area contributed by atoms with Crippen molar-refractivity contribution in [2.45, 2.75) is 63.6 Å². The number of hydrogen-bond acceptors (Lipinski definition) is 2. The van der Waals surface area contributed by atoms with Crippen LogP contribution in [0.15, 0.2) is 12.3 Å². The number of hydrogen-bond donors (Lipinski definition) is 1. The van der Waals surface area contributed by atoms with Crippen LogP contribution in [-0.4, -0.2) is 17.3 Å². The van der Waals surface area contributed by atoms with Crippen LogP contribution in [0.2, 0.25) is 0 Å². The third kappa shape index (κ3) is 2.47. The summed E-state index contributed by atoms with van der Waals surface area (Å²) in [6, 6.07) is 2.49. The number of nitrogens with two attached hydrogens (primary N) is 1. The Kier molecular flexibility index (Phi) is 3.71. The molecule has 1 aliphatic carbocycles. The first-order chi connectivity index (χ1) is 8.84. The minimum absolute atomic E-state index is 0.265. The van der Waals surface area contributed by atoms with Crippen LogP contribution >= 0.6 is 0 Å². The van der Waals surface area contributed by atoms with Gasteiger partial charge in [0.15, 0.2) is 0 Å². The summed E-state index contributed by atoms with van der Waals surface area (Å²) in [4.78, 5) is 0. The second-order valence-electron chi connectivity index (χ2n) is 5.69. The zero-order valence-corrected chi connectivity index (χ0v) is 11.1. The fourth-order valence-corrected chi connectivity index (χ4v) is 3.32. The Balaban J connectivity index is 1.62. The van der Waals surface area contributed by atoms with Gasteiger partial charge >= 0.3 is 0 Å². The first-order valence-corrected chi connectivity index (χ1v) is 7.39. The minimum atomic E-state index is 0.265. The molecule has 0 amide bonds. The number of rotatable bonds is 3. The maximum absolute atomic E-state index is 6.16. The van der Waals surface area contributed by atoms with E-state index in [2.05, 4.69) is 16.8 Å². The summed E-state index contributed by atoms with van der Waals surface area (Å²) in [5.41, 5.74) is 9.02. The molecule has 2 atom stereocenters. The van der Waals surface area contributed by atoms with Crippen LogP contribution in [0.1, 0.15) is 55.8 Å². The van der Waals surface area contributed by atoms with E-state index in [-0.39, 0.29) is 6.04 Å². The normalized spacial score (nSPS) is 28.1. The Bertz CT molecular complexity index is 393. The van der Waals surface area contributed by atoms with E-state index in [1.165, 1.54) is 43.4 Å². The van der Waals surface area contributed by atoms with Gasteiger partial charge in [-0.3, -0.25) is 0 Å². The number of fused-ring (bicyclic) bond motifs is 1. The summed E-state index contributed by atoms with van der Waals surface area (Å²) in [6.07, 6.45) is 11.2. The molecule has 3 heteroatoms. The second kappa shape index (κ2) is 5.45. The van der Waals surface area contributed by atoms with Crippen LogP contribution in [0.3, 0.4) is 0 Å². The highest BCUT2D eigenvalue weighted by molar-refractivity contribution is 5.28. The number of aromatic nitrogens is 1. The van der Waals surface area contributed by atoms with Crippen molar-refractivity contribution in [2.75, 3.05) is 6.61 Å². The van der Waals surface area contributed by atoms with E-state index in [1.54, 1.807) is 0 Å². The third-order valence-corrected chi connectivity index (χ3v) is 4.41. The van der Waals surface area contributed by atoms with Crippen LogP contribution in [0.25, 0.3) is 0 Å². The average Bonchev–Trinajstić information content (AvgIpc) is 2.82. The summed E-state index contributed by atoms with van der Waals surface area (Å²) >= 11 is 0. The highest BCUT2D eigenvalue weighted by Crippen LogP contribution is 2.29. The molecule has 100 valence electrons. The molecule has 0 spiro atoms. The first kappa shape index (κ1) is 12.2. The highest BCUT2D eigenvalue weighted by Gasteiger charge is 2.20. The van der Waals surface area contributed by atoms with Crippen molar-refractivity contribution in [1.29, 1.82) is 0 Å². The van der Waals surface area contributed by atoms with E-state index in [9.17, 15) is 0 Å². The monoisotopic (exact) mass is 248 g/mol. The molecule has 3 nitrogen and oxygen atoms in total. The summed E-state index contributed by atoms with van der Waals surface area (Å²) in [5, 5.41) is 0. The van der Waals surface area contributed by atoms with E-state index in [0.29, 0.717) is 6.10 Å². The Morgan fingerprint density at radius 2 is 2.22 bits per heavy atom. The Hall–Kier alpha value is -0.800. The third-order valence-electron chi connectivity index (χ3n) is 4.41. The van der Waals surface area contributed by atoms with Crippen molar-refractivity contribution in [3.05, 3.63) is 23.5 Å². The van der Waals surface area contributed by atoms with Crippen LogP contribution in [0, 0.1) is 0 Å². The molecule has 1 aliphatic heterocycles. The molecule has 2 unspecified atom stereocenters. The largest absolute Gasteiger partial charge is 0.378 e. The van der Waals surface area contributed by atoms with Crippen LogP contribution < -0.4 is 5.73 Å². The maximum atomic E-state index is 6.16. The van der Waals surface area contributed by atoms with Gasteiger partial charge in [0.25, 0.3) is 0 Å². The van der Waals surface area contributed by atoms with Crippen molar-refractivity contribution in [1.82, 2.24) is 4.57 Å². The zero-order chi connectivity index (χ0) is 12.4. The van der Waals surface area contributed by atoms with E-state index < -0.39 is 0 Å². The molecule has 2 heterocycles. The molecule has 1 saturated heterocycles. The summed E-state index contributed by atoms with van der Waals surface area (Å²) in [6.45, 7) is 2.05. The van der Waals surface area contributed by atoms with Gasteiger partial charge in [0.05, 0.1) is 6.10 Å². The van der Waals surface area contributed by atoms with E-state index in [4.69, 9.17) is 10.5 Å². The van der Waals surface area contributed by atoms with Gasteiger partial charge in [-0.05, 0) is 56.6 Å². The lowest BCUT2D eigenvalue weighted by atomic mass is 9.93. The van der Waals surface area contributed by atoms with E-state index in [1.807, 2.05) is 0 Å². The summed E-state index contributed by atoms with van der Waals surface area (Å²) < 4.78 is 8.21.